The predicted octanol–water partition coefficient (Wildman–Crippen LogP) is 8.47. The summed E-state index contributed by atoms with van der Waals surface area (Å²) in [5.74, 6) is 2.44. The number of ether oxygens (including phenoxy) is 2. The minimum absolute atomic E-state index is 0.290. The zero-order valence-electron chi connectivity index (χ0n) is 22.7. The molecule has 0 amide bonds. The fourth-order valence-electron chi connectivity index (χ4n) is 5.99. The number of aliphatic imine (C=N–C) groups is 1. The second-order valence-electron chi connectivity index (χ2n) is 10.6. The van der Waals surface area contributed by atoms with Crippen LogP contribution in [0.1, 0.15) is 51.8 Å². The SMILES string of the molecule is COc1cc(C=Nc2ccc([C@@H]3Nc4ccccc4[C@@H]4C=CC[C@H]43)cc2)ccc1OCc1cc(C)cc(C)c1. The first-order valence-corrected chi connectivity index (χ1v) is 13.6. The first-order chi connectivity index (χ1) is 19.1. The Morgan fingerprint density at radius 1 is 0.897 bits per heavy atom. The molecule has 0 aromatic heterocycles. The van der Waals surface area contributed by atoms with Crippen molar-refractivity contribution in [3.8, 4) is 11.5 Å². The summed E-state index contributed by atoms with van der Waals surface area (Å²) >= 11 is 0. The van der Waals surface area contributed by atoms with Crippen LogP contribution in [0.5, 0.6) is 11.5 Å². The van der Waals surface area contributed by atoms with Crippen molar-refractivity contribution in [3.63, 3.8) is 0 Å². The lowest BCUT2D eigenvalue weighted by Gasteiger charge is -2.37. The van der Waals surface area contributed by atoms with E-state index in [9.17, 15) is 0 Å². The van der Waals surface area contributed by atoms with Gasteiger partial charge >= 0.3 is 0 Å². The molecule has 0 bridgehead atoms. The third-order valence-corrected chi connectivity index (χ3v) is 7.75. The Morgan fingerprint density at radius 2 is 1.69 bits per heavy atom. The van der Waals surface area contributed by atoms with Gasteiger partial charge in [-0.05, 0) is 84.8 Å². The fraction of sp³-hybridized carbons (Fsp3) is 0.229. The minimum Gasteiger partial charge on any atom is -0.493 e. The molecule has 0 unspecified atom stereocenters. The van der Waals surface area contributed by atoms with Crippen molar-refractivity contribution in [2.45, 2.75) is 38.8 Å². The molecule has 39 heavy (non-hydrogen) atoms. The van der Waals surface area contributed by atoms with Crippen LogP contribution in [0.25, 0.3) is 0 Å². The molecule has 1 aliphatic carbocycles. The Kier molecular flexibility index (Phi) is 6.93. The first kappa shape index (κ1) is 25.0. The summed E-state index contributed by atoms with van der Waals surface area (Å²) in [5.41, 5.74) is 9.45. The van der Waals surface area contributed by atoms with Crippen molar-refractivity contribution in [1.82, 2.24) is 0 Å². The third-order valence-electron chi connectivity index (χ3n) is 7.75. The smallest absolute Gasteiger partial charge is 0.161 e. The number of hydrogen-bond donors (Lipinski definition) is 1. The van der Waals surface area contributed by atoms with Crippen molar-refractivity contribution in [1.29, 1.82) is 0 Å². The van der Waals surface area contributed by atoms with Crippen LogP contribution in [0.2, 0.25) is 0 Å². The van der Waals surface area contributed by atoms with Crippen LogP contribution in [0.3, 0.4) is 0 Å². The number of para-hydroxylation sites is 1. The zero-order valence-corrected chi connectivity index (χ0v) is 22.7. The standard InChI is InChI=1S/C35H34N2O2/c1-23-17-24(2)19-26(18-23)22-39-33-16-11-25(20-34(33)38-3)21-36-28-14-12-27(13-15-28)35-31-9-6-8-29(31)30-7-4-5-10-32(30)37-35/h4-8,10-21,29,31,35,37H,9,22H2,1-3H3/t29-,31+,35-/m0/s1. The molecule has 6 rings (SSSR count). The van der Waals surface area contributed by atoms with Gasteiger partial charge in [0.25, 0.3) is 0 Å². The molecule has 1 N–H and O–H groups in total. The topological polar surface area (TPSA) is 42.8 Å². The molecule has 4 nitrogen and oxygen atoms in total. The van der Waals surface area contributed by atoms with Gasteiger partial charge in [-0.2, -0.15) is 0 Å². The summed E-state index contributed by atoms with van der Waals surface area (Å²) in [5, 5.41) is 3.80. The van der Waals surface area contributed by atoms with E-state index < -0.39 is 0 Å². The van der Waals surface area contributed by atoms with Gasteiger partial charge in [0, 0.05) is 17.8 Å². The van der Waals surface area contributed by atoms with Gasteiger partial charge in [-0.1, -0.05) is 71.8 Å². The molecule has 4 heteroatoms. The van der Waals surface area contributed by atoms with Crippen LogP contribution in [-0.4, -0.2) is 13.3 Å². The monoisotopic (exact) mass is 514 g/mol. The van der Waals surface area contributed by atoms with Crippen molar-refractivity contribution in [3.05, 3.63) is 130 Å². The highest BCUT2D eigenvalue weighted by Crippen LogP contribution is 2.49. The number of benzene rings is 4. The maximum absolute atomic E-state index is 6.08. The van der Waals surface area contributed by atoms with E-state index in [2.05, 4.69) is 98.0 Å². The summed E-state index contributed by atoms with van der Waals surface area (Å²) in [6, 6.07) is 30.0. The first-order valence-electron chi connectivity index (χ1n) is 13.6. The summed E-state index contributed by atoms with van der Waals surface area (Å²) < 4.78 is 11.7. The van der Waals surface area contributed by atoms with Crippen LogP contribution in [0.4, 0.5) is 11.4 Å². The number of nitrogens with zero attached hydrogens (tertiary/aromatic N) is 1. The fourth-order valence-corrected chi connectivity index (χ4v) is 5.99. The summed E-state index contributed by atoms with van der Waals surface area (Å²) in [6.07, 6.45) is 7.68. The number of allylic oxidation sites excluding steroid dienone is 2. The Labute approximate surface area is 231 Å². The lowest BCUT2D eigenvalue weighted by molar-refractivity contribution is 0.284. The van der Waals surface area contributed by atoms with Crippen LogP contribution < -0.4 is 14.8 Å². The lowest BCUT2D eigenvalue weighted by Crippen LogP contribution is -2.28. The molecule has 1 aliphatic heterocycles. The summed E-state index contributed by atoms with van der Waals surface area (Å²) in [6.45, 7) is 4.71. The largest absolute Gasteiger partial charge is 0.493 e. The van der Waals surface area contributed by atoms with E-state index in [1.807, 2.05) is 24.4 Å². The van der Waals surface area contributed by atoms with E-state index in [1.54, 1.807) is 7.11 Å². The third kappa shape index (κ3) is 5.33. The number of aryl methyl sites for hydroxylation is 2. The molecule has 0 saturated heterocycles. The normalized spacial score (nSPS) is 19.4. The van der Waals surface area contributed by atoms with Gasteiger partial charge in [-0.3, -0.25) is 4.99 Å². The van der Waals surface area contributed by atoms with E-state index in [4.69, 9.17) is 14.5 Å². The van der Waals surface area contributed by atoms with Crippen molar-refractivity contribution >= 4 is 17.6 Å². The van der Waals surface area contributed by atoms with E-state index in [0.717, 1.165) is 29.0 Å². The quantitative estimate of drug-likeness (QED) is 0.199. The van der Waals surface area contributed by atoms with Crippen LogP contribution in [0.15, 0.2) is 102 Å². The van der Waals surface area contributed by atoms with Gasteiger partial charge in [0.1, 0.15) is 6.61 Å². The van der Waals surface area contributed by atoms with E-state index in [-0.39, 0.29) is 0 Å². The Morgan fingerprint density at radius 3 is 2.49 bits per heavy atom. The number of nitrogens with one attached hydrogen (secondary N) is 1. The summed E-state index contributed by atoms with van der Waals surface area (Å²) in [7, 11) is 1.67. The highest BCUT2D eigenvalue weighted by Gasteiger charge is 2.37. The lowest BCUT2D eigenvalue weighted by atomic mass is 9.77. The zero-order chi connectivity index (χ0) is 26.8. The molecular weight excluding hydrogens is 480 g/mol. The van der Waals surface area contributed by atoms with Crippen LogP contribution >= 0.6 is 0 Å². The van der Waals surface area contributed by atoms with Crippen molar-refractivity contribution in [2.75, 3.05) is 12.4 Å². The Bertz CT molecular complexity index is 1520. The molecule has 0 radical (unpaired) electrons. The maximum atomic E-state index is 6.08. The number of rotatable bonds is 7. The average molecular weight is 515 g/mol. The molecule has 0 fully saturated rings. The molecule has 4 aromatic rings. The van der Waals surface area contributed by atoms with Gasteiger partial charge < -0.3 is 14.8 Å². The highest BCUT2D eigenvalue weighted by atomic mass is 16.5. The van der Waals surface area contributed by atoms with E-state index in [1.165, 1.54) is 27.9 Å². The second-order valence-corrected chi connectivity index (χ2v) is 10.6. The number of anilines is 1. The molecular formula is C35H34N2O2. The molecule has 4 aromatic carbocycles. The number of methoxy groups -OCH3 is 1. The molecule has 196 valence electrons. The van der Waals surface area contributed by atoms with Gasteiger partial charge in [-0.25, -0.2) is 0 Å². The van der Waals surface area contributed by atoms with Crippen LogP contribution in [0, 0.1) is 19.8 Å². The summed E-state index contributed by atoms with van der Waals surface area (Å²) in [4.78, 5) is 4.73. The van der Waals surface area contributed by atoms with E-state index >= 15 is 0 Å². The maximum Gasteiger partial charge on any atom is 0.161 e. The average Bonchev–Trinajstić information content (AvgIpc) is 3.45. The molecule has 1 heterocycles. The number of fused-ring (bicyclic) bond motifs is 3. The highest BCUT2D eigenvalue weighted by molar-refractivity contribution is 5.83. The Hall–Kier alpha value is -4.31. The number of hydrogen-bond acceptors (Lipinski definition) is 4. The van der Waals surface area contributed by atoms with Crippen LogP contribution in [-0.2, 0) is 6.61 Å². The van der Waals surface area contributed by atoms with Crippen molar-refractivity contribution < 1.29 is 9.47 Å². The molecule has 2 aliphatic rings. The van der Waals surface area contributed by atoms with Gasteiger partial charge in [-0.15, -0.1) is 0 Å². The Balaban J connectivity index is 1.14. The molecule has 0 spiro atoms. The van der Waals surface area contributed by atoms with Gasteiger partial charge in [0.05, 0.1) is 18.8 Å². The van der Waals surface area contributed by atoms with Gasteiger partial charge in [0.15, 0.2) is 11.5 Å². The second kappa shape index (κ2) is 10.8. The van der Waals surface area contributed by atoms with E-state index in [0.29, 0.717) is 30.2 Å². The van der Waals surface area contributed by atoms with Gasteiger partial charge in [0.2, 0.25) is 0 Å². The minimum atomic E-state index is 0.290. The molecule has 3 atom stereocenters. The molecule has 0 saturated carbocycles. The predicted molar refractivity (Wildman–Crippen MR) is 160 cm³/mol. The van der Waals surface area contributed by atoms with Crippen molar-refractivity contribution in [2.24, 2.45) is 10.9 Å².